The highest BCUT2D eigenvalue weighted by Gasteiger charge is 2.02. The third-order valence-corrected chi connectivity index (χ3v) is 2.45. The molecule has 0 aliphatic carbocycles. The molecular weight excluding hydrogens is 260 g/mol. The lowest BCUT2D eigenvalue weighted by molar-refractivity contribution is -0.123. The lowest BCUT2D eigenvalue weighted by Crippen LogP contribution is -2.22. The van der Waals surface area contributed by atoms with Gasteiger partial charge in [-0.2, -0.15) is 5.10 Å². The Morgan fingerprint density at radius 1 is 1.53 bits per heavy atom. The molecular formula is C10H11BrN2O2. The number of rotatable bonds is 3. The number of aliphatic hydroxyl groups excluding tert-OH is 1. The number of aliphatic hydroxyl groups is 1. The van der Waals surface area contributed by atoms with Gasteiger partial charge in [-0.3, -0.25) is 4.79 Å². The zero-order chi connectivity index (χ0) is 11.3. The number of carbonyl (C=O) groups excluding carboxylic acids is 1. The van der Waals surface area contributed by atoms with Gasteiger partial charge in [-0.1, -0.05) is 34.1 Å². The standard InChI is InChI=1S/C10H11BrN2O2/c1-7(12-13-10(15)6-14)8-4-2-3-5-9(8)11/h2-5,14H,6H2,1H3,(H,13,15). The van der Waals surface area contributed by atoms with Gasteiger partial charge >= 0.3 is 0 Å². The Labute approximate surface area is 96.1 Å². The molecule has 4 nitrogen and oxygen atoms in total. The molecule has 15 heavy (non-hydrogen) atoms. The van der Waals surface area contributed by atoms with E-state index in [1.165, 1.54) is 0 Å². The van der Waals surface area contributed by atoms with Crippen molar-refractivity contribution in [1.29, 1.82) is 0 Å². The van der Waals surface area contributed by atoms with Crippen LogP contribution in [-0.4, -0.2) is 23.3 Å². The van der Waals surface area contributed by atoms with E-state index in [4.69, 9.17) is 5.11 Å². The minimum absolute atomic E-state index is 0.526. The highest BCUT2D eigenvalue weighted by atomic mass is 79.9. The molecule has 0 aliphatic rings. The molecule has 0 spiro atoms. The molecule has 0 atom stereocenters. The van der Waals surface area contributed by atoms with E-state index in [9.17, 15) is 4.79 Å². The minimum atomic E-state index is -0.563. The van der Waals surface area contributed by atoms with E-state index in [0.717, 1.165) is 10.0 Å². The van der Waals surface area contributed by atoms with Gasteiger partial charge in [0.05, 0.1) is 5.71 Å². The van der Waals surface area contributed by atoms with Crippen LogP contribution in [0.5, 0.6) is 0 Å². The average molecular weight is 271 g/mol. The molecule has 1 rings (SSSR count). The van der Waals surface area contributed by atoms with Crippen LogP contribution < -0.4 is 5.43 Å². The molecule has 0 bridgehead atoms. The Balaban J connectivity index is 2.80. The van der Waals surface area contributed by atoms with Gasteiger partial charge in [0.25, 0.3) is 5.91 Å². The SMILES string of the molecule is CC(=NNC(=O)CO)c1ccccc1Br. The normalized spacial score (nSPS) is 11.3. The summed E-state index contributed by atoms with van der Waals surface area (Å²) in [5.41, 5.74) is 3.81. The molecule has 1 amide bonds. The van der Waals surface area contributed by atoms with E-state index in [2.05, 4.69) is 26.5 Å². The second-order valence-corrected chi connectivity index (χ2v) is 3.72. The number of carbonyl (C=O) groups is 1. The van der Waals surface area contributed by atoms with Crippen molar-refractivity contribution >= 4 is 27.5 Å². The number of nitrogens with zero attached hydrogens (tertiary/aromatic N) is 1. The number of amides is 1. The molecule has 0 aliphatic heterocycles. The third-order valence-electron chi connectivity index (χ3n) is 1.76. The molecule has 0 fully saturated rings. The molecule has 0 radical (unpaired) electrons. The summed E-state index contributed by atoms with van der Waals surface area (Å²) >= 11 is 3.38. The maximum absolute atomic E-state index is 10.8. The molecule has 2 N–H and O–H groups in total. The van der Waals surface area contributed by atoms with Crippen LogP contribution in [0.4, 0.5) is 0 Å². The first-order valence-corrected chi connectivity index (χ1v) is 5.13. The molecule has 1 aromatic rings. The van der Waals surface area contributed by atoms with Gasteiger partial charge in [-0.05, 0) is 13.0 Å². The van der Waals surface area contributed by atoms with E-state index < -0.39 is 12.5 Å². The quantitative estimate of drug-likeness (QED) is 0.642. The molecule has 80 valence electrons. The van der Waals surface area contributed by atoms with Crippen LogP contribution in [0.15, 0.2) is 33.8 Å². The first-order chi connectivity index (χ1) is 7.15. The fourth-order valence-corrected chi connectivity index (χ4v) is 1.57. The first kappa shape index (κ1) is 11.9. The molecule has 1 aromatic carbocycles. The Hall–Kier alpha value is -1.20. The van der Waals surface area contributed by atoms with Crippen molar-refractivity contribution in [3.8, 4) is 0 Å². The van der Waals surface area contributed by atoms with Crippen LogP contribution in [0.1, 0.15) is 12.5 Å². The van der Waals surface area contributed by atoms with E-state index in [1.54, 1.807) is 6.92 Å². The Morgan fingerprint density at radius 3 is 2.80 bits per heavy atom. The van der Waals surface area contributed by atoms with Crippen molar-refractivity contribution in [3.05, 3.63) is 34.3 Å². The topological polar surface area (TPSA) is 61.7 Å². The fraction of sp³-hybridized carbons (Fsp3) is 0.200. The van der Waals surface area contributed by atoms with Crippen LogP contribution >= 0.6 is 15.9 Å². The molecule has 0 heterocycles. The number of halogens is 1. The third kappa shape index (κ3) is 3.45. The largest absolute Gasteiger partial charge is 0.386 e. The van der Waals surface area contributed by atoms with Crippen molar-refractivity contribution < 1.29 is 9.90 Å². The van der Waals surface area contributed by atoms with E-state index in [1.807, 2.05) is 24.3 Å². The van der Waals surface area contributed by atoms with Crippen molar-refractivity contribution in [2.75, 3.05) is 6.61 Å². The van der Waals surface area contributed by atoms with Gasteiger partial charge in [0.1, 0.15) is 6.61 Å². The average Bonchev–Trinajstić information content (AvgIpc) is 2.26. The van der Waals surface area contributed by atoms with Gasteiger partial charge in [0.2, 0.25) is 0 Å². The van der Waals surface area contributed by atoms with E-state index in [-0.39, 0.29) is 0 Å². The smallest absolute Gasteiger partial charge is 0.265 e. The minimum Gasteiger partial charge on any atom is -0.386 e. The summed E-state index contributed by atoms with van der Waals surface area (Å²) in [6.07, 6.45) is 0. The molecule has 0 aromatic heterocycles. The zero-order valence-corrected chi connectivity index (χ0v) is 9.78. The molecule has 0 saturated carbocycles. The summed E-state index contributed by atoms with van der Waals surface area (Å²) in [5, 5.41) is 12.3. The molecule has 0 unspecified atom stereocenters. The summed E-state index contributed by atoms with van der Waals surface area (Å²) in [6, 6.07) is 7.55. The van der Waals surface area contributed by atoms with Gasteiger partial charge in [-0.15, -0.1) is 0 Å². The van der Waals surface area contributed by atoms with Crippen LogP contribution in [0.2, 0.25) is 0 Å². The van der Waals surface area contributed by atoms with Gasteiger partial charge in [0, 0.05) is 10.0 Å². The number of hydrazone groups is 1. The summed E-state index contributed by atoms with van der Waals surface area (Å²) < 4.78 is 0.907. The lowest BCUT2D eigenvalue weighted by atomic mass is 10.1. The van der Waals surface area contributed by atoms with Gasteiger partial charge in [0.15, 0.2) is 0 Å². The van der Waals surface area contributed by atoms with Crippen LogP contribution in [-0.2, 0) is 4.79 Å². The van der Waals surface area contributed by atoms with Crippen molar-refractivity contribution in [2.45, 2.75) is 6.92 Å². The Morgan fingerprint density at radius 2 is 2.20 bits per heavy atom. The van der Waals surface area contributed by atoms with Crippen LogP contribution in [0.3, 0.4) is 0 Å². The summed E-state index contributed by atoms with van der Waals surface area (Å²) in [5.74, 6) is -0.526. The van der Waals surface area contributed by atoms with E-state index >= 15 is 0 Å². The van der Waals surface area contributed by atoms with Crippen molar-refractivity contribution in [2.24, 2.45) is 5.10 Å². The number of hydrogen-bond acceptors (Lipinski definition) is 3. The number of hydrogen-bond donors (Lipinski definition) is 2. The maximum atomic E-state index is 10.8. The highest BCUT2D eigenvalue weighted by Crippen LogP contribution is 2.16. The van der Waals surface area contributed by atoms with E-state index in [0.29, 0.717) is 5.71 Å². The maximum Gasteiger partial charge on any atom is 0.265 e. The second kappa shape index (κ2) is 5.63. The number of benzene rings is 1. The zero-order valence-electron chi connectivity index (χ0n) is 8.20. The second-order valence-electron chi connectivity index (χ2n) is 2.87. The fourth-order valence-electron chi connectivity index (χ4n) is 0.996. The predicted octanol–water partition coefficient (Wildman–Crippen LogP) is 1.28. The van der Waals surface area contributed by atoms with Crippen molar-refractivity contribution in [1.82, 2.24) is 5.43 Å². The van der Waals surface area contributed by atoms with Gasteiger partial charge < -0.3 is 5.11 Å². The van der Waals surface area contributed by atoms with Crippen LogP contribution in [0, 0.1) is 0 Å². The molecule has 5 heteroatoms. The Kier molecular flexibility index (Phi) is 4.45. The van der Waals surface area contributed by atoms with Crippen molar-refractivity contribution in [3.63, 3.8) is 0 Å². The number of nitrogens with one attached hydrogen (secondary N) is 1. The summed E-state index contributed by atoms with van der Waals surface area (Å²) in [7, 11) is 0. The van der Waals surface area contributed by atoms with Gasteiger partial charge in [-0.25, -0.2) is 5.43 Å². The Bertz CT molecular complexity index is 391. The highest BCUT2D eigenvalue weighted by molar-refractivity contribution is 9.10. The summed E-state index contributed by atoms with van der Waals surface area (Å²) in [6.45, 7) is 1.21. The predicted molar refractivity (Wildman–Crippen MR) is 61.6 cm³/mol. The monoisotopic (exact) mass is 270 g/mol. The first-order valence-electron chi connectivity index (χ1n) is 4.34. The lowest BCUT2D eigenvalue weighted by Gasteiger charge is -2.03. The molecule has 0 saturated heterocycles. The summed E-state index contributed by atoms with van der Waals surface area (Å²) in [4.78, 5) is 10.8. The van der Waals surface area contributed by atoms with Crippen LogP contribution in [0.25, 0.3) is 0 Å².